The molecule has 6 nitrogen and oxygen atoms in total. The second-order valence-corrected chi connectivity index (χ2v) is 5.38. The van der Waals surface area contributed by atoms with E-state index >= 15 is 0 Å². The van der Waals surface area contributed by atoms with E-state index in [1.165, 1.54) is 18.4 Å². The summed E-state index contributed by atoms with van der Waals surface area (Å²) in [5.41, 5.74) is 5.24. The van der Waals surface area contributed by atoms with Crippen LogP contribution in [0.2, 0.25) is 0 Å². The van der Waals surface area contributed by atoms with E-state index in [9.17, 15) is 18.4 Å². The molecule has 134 valence electrons. The number of rotatable bonds is 4. The van der Waals surface area contributed by atoms with Gasteiger partial charge in [-0.15, -0.1) is 12.4 Å². The third-order valence-electron chi connectivity index (χ3n) is 3.84. The van der Waals surface area contributed by atoms with Gasteiger partial charge in [0, 0.05) is 6.54 Å². The van der Waals surface area contributed by atoms with Crippen LogP contribution in [0.5, 0.6) is 0 Å². The maximum Gasteiger partial charge on any atom is 0.255 e. The van der Waals surface area contributed by atoms with Crippen molar-refractivity contribution >= 4 is 29.9 Å². The topological polar surface area (TPSA) is 88.6 Å². The average molecular weight is 372 g/mol. The van der Waals surface area contributed by atoms with E-state index in [0.717, 1.165) is 17.0 Å². The number of nitrogens with two attached hydrogens (primary N) is 1. The summed E-state index contributed by atoms with van der Waals surface area (Å²) in [6.07, 6.45) is 1.49. The van der Waals surface area contributed by atoms with Crippen LogP contribution in [0.1, 0.15) is 22.5 Å². The summed E-state index contributed by atoms with van der Waals surface area (Å²) in [5.74, 6) is -2.27. The molecule has 1 aromatic carbocycles. The molecule has 0 radical (unpaired) electrons. The van der Waals surface area contributed by atoms with Gasteiger partial charge in [-0.2, -0.15) is 0 Å². The molecule has 0 aliphatic carbocycles. The third kappa shape index (κ3) is 3.64. The number of carbonyl (C=O) groups is 2. The van der Waals surface area contributed by atoms with Gasteiger partial charge in [-0.25, -0.2) is 8.78 Å². The van der Waals surface area contributed by atoms with Gasteiger partial charge < -0.3 is 20.4 Å². The Morgan fingerprint density at radius 3 is 2.64 bits per heavy atom. The fraction of sp³-hybridized carbons (Fsp3) is 0.250. The van der Waals surface area contributed by atoms with Crippen molar-refractivity contribution in [2.75, 3.05) is 11.4 Å². The fourth-order valence-corrected chi connectivity index (χ4v) is 2.63. The van der Waals surface area contributed by atoms with Gasteiger partial charge in [-0.3, -0.25) is 9.59 Å². The molecular formula is C16H16ClF2N3O3. The molecule has 1 aliphatic rings. The van der Waals surface area contributed by atoms with Crippen LogP contribution in [0.25, 0.3) is 0 Å². The zero-order valence-electron chi connectivity index (χ0n) is 13.0. The molecule has 3 rings (SSSR count). The van der Waals surface area contributed by atoms with E-state index < -0.39 is 35.2 Å². The molecule has 3 N–H and O–H groups in total. The van der Waals surface area contributed by atoms with Gasteiger partial charge in [0.1, 0.15) is 35.4 Å². The Labute approximate surface area is 148 Å². The first kappa shape index (κ1) is 18.9. The normalized spacial score (nSPS) is 16.7. The molecular weight excluding hydrogens is 356 g/mol. The lowest BCUT2D eigenvalue weighted by atomic mass is 10.2. The van der Waals surface area contributed by atoms with Crippen LogP contribution in [-0.2, 0) is 11.3 Å². The van der Waals surface area contributed by atoms with Crippen LogP contribution in [0, 0.1) is 11.6 Å². The SMILES string of the molecule is Cl.NCc1cc(C(=O)NC2CCN(c3c(F)cccc3F)C2=O)co1. The summed E-state index contributed by atoms with van der Waals surface area (Å²) in [5, 5.41) is 2.55. The Bertz CT molecular complexity index is 776. The lowest BCUT2D eigenvalue weighted by Crippen LogP contribution is -2.41. The molecule has 9 heteroatoms. The number of furan rings is 1. The minimum absolute atomic E-state index is 0. The highest BCUT2D eigenvalue weighted by Gasteiger charge is 2.36. The van der Waals surface area contributed by atoms with Crippen LogP contribution >= 0.6 is 12.4 Å². The van der Waals surface area contributed by atoms with Gasteiger partial charge in [0.25, 0.3) is 5.91 Å². The van der Waals surface area contributed by atoms with Crippen LogP contribution in [0.15, 0.2) is 34.9 Å². The number of amides is 2. The number of hydrogen-bond acceptors (Lipinski definition) is 4. The van der Waals surface area contributed by atoms with Crippen molar-refractivity contribution in [3.05, 3.63) is 53.5 Å². The molecule has 1 unspecified atom stereocenters. The summed E-state index contributed by atoms with van der Waals surface area (Å²) in [6, 6.07) is 4.01. The highest BCUT2D eigenvalue weighted by Crippen LogP contribution is 2.27. The summed E-state index contributed by atoms with van der Waals surface area (Å²) < 4.78 is 32.7. The summed E-state index contributed by atoms with van der Waals surface area (Å²) in [7, 11) is 0. The molecule has 1 saturated heterocycles. The first-order valence-corrected chi connectivity index (χ1v) is 7.35. The quantitative estimate of drug-likeness (QED) is 0.860. The molecule has 1 fully saturated rings. The van der Waals surface area contributed by atoms with E-state index in [4.69, 9.17) is 10.2 Å². The zero-order chi connectivity index (χ0) is 17.3. The van der Waals surface area contributed by atoms with Crippen molar-refractivity contribution in [3.63, 3.8) is 0 Å². The summed E-state index contributed by atoms with van der Waals surface area (Å²) >= 11 is 0. The number of benzene rings is 1. The summed E-state index contributed by atoms with van der Waals surface area (Å²) in [4.78, 5) is 25.5. The highest BCUT2D eigenvalue weighted by atomic mass is 35.5. The Kier molecular flexibility index (Phi) is 5.76. The molecule has 2 amide bonds. The Morgan fingerprint density at radius 2 is 2.04 bits per heavy atom. The highest BCUT2D eigenvalue weighted by molar-refractivity contribution is 6.04. The smallest absolute Gasteiger partial charge is 0.255 e. The predicted molar refractivity (Wildman–Crippen MR) is 88.4 cm³/mol. The van der Waals surface area contributed by atoms with Gasteiger partial charge in [0.2, 0.25) is 5.91 Å². The number of para-hydroxylation sites is 1. The zero-order valence-corrected chi connectivity index (χ0v) is 13.8. The minimum atomic E-state index is -0.854. The minimum Gasteiger partial charge on any atom is -0.467 e. The molecule has 0 bridgehead atoms. The van der Waals surface area contributed by atoms with E-state index in [2.05, 4.69) is 5.32 Å². The fourth-order valence-electron chi connectivity index (χ4n) is 2.63. The van der Waals surface area contributed by atoms with Crippen molar-refractivity contribution in [1.82, 2.24) is 5.32 Å². The Morgan fingerprint density at radius 1 is 1.36 bits per heavy atom. The number of anilines is 1. The molecule has 1 aliphatic heterocycles. The average Bonchev–Trinajstić information content (AvgIpc) is 3.16. The van der Waals surface area contributed by atoms with Crippen LogP contribution in [0.3, 0.4) is 0 Å². The van der Waals surface area contributed by atoms with Crippen LogP contribution in [-0.4, -0.2) is 24.4 Å². The standard InChI is InChI=1S/C16H15F2N3O3.ClH/c17-11-2-1-3-12(18)14(11)21-5-4-13(16(21)23)20-15(22)9-6-10(7-19)24-8-9;/h1-3,6,8,13H,4-5,7,19H2,(H,20,22);1H. The maximum atomic E-state index is 13.8. The Balaban J connectivity index is 0.00000225. The van der Waals surface area contributed by atoms with Crippen molar-refractivity contribution in [2.45, 2.75) is 19.0 Å². The van der Waals surface area contributed by atoms with Gasteiger partial charge in [-0.1, -0.05) is 6.07 Å². The van der Waals surface area contributed by atoms with E-state index in [1.54, 1.807) is 0 Å². The molecule has 2 heterocycles. The van der Waals surface area contributed by atoms with E-state index in [0.29, 0.717) is 5.76 Å². The van der Waals surface area contributed by atoms with Crippen LogP contribution < -0.4 is 16.0 Å². The summed E-state index contributed by atoms with van der Waals surface area (Å²) in [6.45, 7) is 0.261. The van der Waals surface area contributed by atoms with Crippen molar-refractivity contribution in [1.29, 1.82) is 0 Å². The molecule has 1 aromatic heterocycles. The second kappa shape index (κ2) is 7.62. The lowest BCUT2D eigenvalue weighted by molar-refractivity contribution is -0.118. The second-order valence-electron chi connectivity index (χ2n) is 5.38. The Hall–Kier alpha value is -2.45. The maximum absolute atomic E-state index is 13.8. The van der Waals surface area contributed by atoms with Crippen molar-refractivity contribution < 1.29 is 22.8 Å². The van der Waals surface area contributed by atoms with E-state index in [-0.39, 0.29) is 37.5 Å². The molecule has 1 atom stereocenters. The molecule has 25 heavy (non-hydrogen) atoms. The number of nitrogens with one attached hydrogen (secondary N) is 1. The van der Waals surface area contributed by atoms with Crippen molar-refractivity contribution in [3.8, 4) is 0 Å². The monoisotopic (exact) mass is 371 g/mol. The number of carbonyl (C=O) groups excluding carboxylic acids is 2. The number of hydrogen-bond donors (Lipinski definition) is 2. The third-order valence-corrected chi connectivity index (χ3v) is 3.84. The molecule has 0 spiro atoms. The van der Waals surface area contributed by atoms with Crippen LogP contribution in [0.4, 0.5) is 14.5 Å². The predicted octanol–water partition coefficient (Wildman–Crippen LogP) is 1.97. The first-order valence-electron chi connectivity index (χ1n) is 7.35. The van der Waals surface area contributed by atoms with Gasteiger partial charge in [0.05, 0.1) is 12.1 Å². The number of halogens is 3. The van der Waals surface area contributed by atoms with E-state index in [1.807, 2.05) is 0 Å². The lowest BCUT2D eigenvalue weighted by Gasteiger charge is -2.18. The van der Waals surface area contributed by atoms with Gasteiger partial charge in [-0.05, 0) is 24.6 Å². The number of nitrogens with zero attached hydrogens (tertiary/aromatic N) is 1. The van der Waals surface area contributed by atoms with Gasteiger partial charge in [0.15, 0.2) is 0 Å². The van der Waals surface area contributed by atoms with Gasteiger partial charge >= 0.3 is 0 Å². The molecule has 0 saturated carbocycles. The molecule has 2 aromatic rings. The first-order chi connectivity index (χ1) is 11.5. The largest absolute Gasteiger partial charge is 0.467 e. The van der Waals surface area contributed by atoms with Crippen molar-refractivity contribution in [2.24, 2.45) is 5.73 Å².